The quantitative estimate of drug-likeness (QED) is 0.525. The monoisotopic (exact) mass is 446 g/mol. The lowest BCUT2D eigenvalue weighted by Gasteiger charge is -2.19. The summed E-state index contributed by atoms with van der Waals surface area (Å²) < 4.78 is 5.49. The zero-order valence-electron chi connectivity index (χ0n) is 19.4. The number of ether oxygens (including phenoxy) is 1. The summed E-state index contributed by atoms with van der Waals surface area (Å²) in [5.74, 6) is 1.84. The number of hydrogen-bond acceptors (Lipinski definition) is 7. The third-order valence-corrected chi connectivity index (χ3v) is 5.87. The average molecular weight is 447 g/mol. The van der Waals surface area contributed by atoms with Gasteiger partial charge >= 0.3 is 0 Å². The van der Waals surface area contributed by atoms with Crippen LogP contribution in [-0.2, 0) is 11.2 Å². The molecule has 1 fully saturated rings. The molecule has 2 aromatic heterocycles. The van der Waals surface area contributed by atoms with Gasteiger partial charge in [0.05, 0.1) is 12.3 Å². The largest absolute Gasteiger partial charge is 0.494 e. The molecule has 3 aromatic rings. The minimum absolute atomic E-state index is 0.149. The fourth-order valence-corrected chi connectivity index (χ4v) is 4.11. The van der Waals surface area contributed by atoms with Gasteiger partial charge in [0.2, 0.25) is 11.9 Å². The van der Waals surface area contributed by atoms with Crippen LogP contribution in [0.15, 0.2) is 49.2 Å². The molecule has 0 N–H and O–H groups in total. The second kappa shape index (κ2) is 10.4. The number of carbonyl (C=O) groups is 1. The summed E-state index contributed by atoms with van der Waals surface area (Å²) in [6, 6.07) is 7.98. The van der Waals surface area contributed by atoms with Gasteiger partial charge in [-0.2, -0.15) is 0 Å². The van der Waals surface area contributed by atoms with E-state index in [9.17, 15) is 4.79 Å². The Bertz CT molecular complexity index is 1070. The van der Waals surface area contributed by atoms with E-state index in [1.807, 2.05) is 61.3 Å². The van der Waals surface area contributed by atoms with E-state index in [0.717, 1.165) is 47.5 Å². The Morgan fingerprint density at radius 2 is 1.91 bits per heavy atom. The molecule has 8 heteroatoms. The summed E-state index contributed by atoms with van der Waals surface area (Å²) >= 11 is 0. The number of likely N-dealkylation sites (tertiary alicyclic amines) is 1. The standard InChI is InChI=1S/C25H30N6O2/c1-4-33-21-8-5-18(6-9-21)7-10-23(32)31-12-11-19(16-31)24-22(20-13-26-17-27-14-20)15-28-25(29-24)30(2)3/h5-6,8-9,13-15,17,19H,4,7,10-12,16H2,1-3H3. The van der Waals surface area contributed by atoms with E-state index in [-0.39, 0.29) is 11.8 Å². The van der Waals surface area contributed by atoms with E-state index in [1.54, 1.807) is 12.4 Å². The molecular weight excluding hydrogens is 416 g/mol. The fourth-order valence-electron chi connectivity index (χ4n) is 4.11. The lowest BCUT2D eigenvalue weighted by atomic mass is 9.97. The van der Waals surface area contributed by atoms with Crippen molar-refractivity contribution in [2.45, 2.75) is 32.1 Å². The fraction of sp³-hybridized carbons (Fsp3) is 0.400. The van der Waals surface area contributed by atoms with Gasteiger partial charge in [-0.05, 0) is 37.5 Å². The van der Waals surface area contributed by atoms with Crippen LogP contribution in [0.4, 0.5) is 5.95 Å². The summed E-state index contributed by atoms with van der Waals surface area (Å²) in [5, 5.41) is 0. The van der Waals surface area contributed by atoms with Gasteiger partial charge in [0, 0.05) is 69.2 Å². The van der Waals surface area contributed by atoms with Crippen molar-refractivity contribution < 1.29 is 9.53 Å². The molecule has 0 aliphatic carbocycles. The molecule has 1 aliphatic heterocycles. The number of benzene rings is 1. The van der Waals surface area contributed by atoms with Crippen molar-refractivity contribution in [2.24, 2.45) is 0 Å². The topological polar surface area (TPSA) is 84.3 Å². The normalized spacial score (nSPS) is 15.5. The molecule has 0 radical (unpaired) electrons. The summed E-state index contributed by atoms with van der Waals surface area (Å²) in [6.07, 6.45) is 8.99. The smallest absolute Gasteiger partial charge is 0.225 e. The molecule has 1 aromatic carbocycles. The van der Waals surface area contributed by atoms with Gasteiger partial charge < -0.3 is 14.5 Å². The first-order chi connectivity index (χ1) is 16.0. The van der Waals surface area contributed by atoms with Crippen LogP contribution in [-0.4, -0.2) is 64.5 Å². The molecule has 0 bridgehead atoms. The van der Waals surface area contributed by atoms with E-state index >= 15 is 0 Å². The number of nitrogens with zero attached hydrogens (tertiary/aromatic N) is 6. The predicted octanol–water partition coefficient (Wildman–Crippen LogP) is 3.35. The number of carbonyl (C=O) groups excluding carboxylic acids is 1. The maximum Gasteiger partial charge on any atom is 0.225 e. The summed E-state index contributed by atoms with van der Waals surface area (Å²) in [4.78, 5) is 34.4. The van der Waals surface area contributed by atoms with Crippen LogP contribution in [0.1, 0.15) is 36.9 Å². The van der Waals surface area contributed by atoms with E-state index in [0.29, 0.717) is 25.5 Å². The Morgan fingerprint density at radius 3 is 2.61 bits per heavy atom. The predicted molar refractivity (Wildman–Crippen MR) is 127 cm³/mol. The van der Waals surface area contributed by atoms with E-state index in [2.05, 4.69) is 15.0 Å². The molecule has 172 valence electrons. The van der Waals surface area contributed by atoms with Gasteiger partial charge in [0.15, 0.2) is 0 Å². The number of rotatable bonds is 8. The number of hydrogen-bond donors (Lipinski definition) is 0. The molecule has 1 aliphatic rings. The van der Waals surface area contributed by atoms with Crippen molar-refractivity contribution in [1.82, 2.24) is 24.8 Å². The third-order valence-electron chi connectivity index (χ3n) is 5.87. The van der Waals surface area contributed by atoms with Gasteiger partial charge in [0.1, 0.15) is 12.1 Å². The molecule has 1 atom stereocenters. The zero-order valence-corrected chi connectivity index (χ0v) is 19.4. The summed E-state index contributed by atoms with van der Waals surface area (Å²) in [5.41, 5.74) is 3.90. The Kier molecular flexibility index (Phi) is 7.12. The Balaban J connectivity index is 1.44. The second-order valence-electron chi connectivity index (χ2n) is 8.39. The van der Waals surface area contributed by atoms with Gasteiger partial charge in [-0.1, -0.05) is 12.1 Å². The first kappa shape index (κ1) is 22.6. The Hall–Kier alpha value is -3.55. The zero-order chi connectivity index (χ0) is 23.2. The lowest BCUT2D eigenvalue weighted by molar-refractivity contribution is -0.130. The highest BCUT2D eigenvalue weighted by Crippen LogP contribution is 2.34. The van der Waals surface area contributed by atoms with E-state index in [4.69, 9.17) is 9.72 Å². The van der Waals surface area contributed by atoms with Crippen molar-refractivity contribution in [3.8, 4) is 16.9 Å². The van der Waals surface area contributed by atoms with Crippen molar-refractivity contribution in [3.63, 3.8) is 0 Å². The number of aromatic nitrogens is 4. The maximum absolute atomic E-state index is 12.9. The van der Waals surface area contributed by atoms with Crippen LogP contribution >= 0.6 is 0 Å². The molecule has 0 spiro atoms. The minimum Gasteiger partial charge on any atom is -0.494 e. The third kappa shape index (κ3) is 5.45. The summed E-state index contributed by atoms with van der Waals surface area (Å²) in [7, 11) is 3.85. The maximum atomic E-state index is 12.9. The molecule has 1 amide bonds. The van der Waals surface area contributed by atoms with Crippen molar-refractivity contribution in [3.05, 3.63) is 60.4 Å². The number of aryl methyl sites for hydroxylation is 1. The van der Waals surface area contributed by atoms with E-state index < -0.39 is 0 Å². The molecule has 3 heterocycles. The molecule has 1 saturated heterocycles. The highest BCUT2D eigenvalue weighted by Gasteiger charge is 2.30. The van der Waals surface area contributed by atoms with Crippen molar-refractivity contribution >= 4 is 11.9 Å². The summed E-state index contributed by atoms with van der Waals surface area (Å²) in [6.45, 7) is 4.01. The highest BCUT2D eigenvalue weighted by atomic mass is 16.5. The van der Waals surface area contributed by atoms with Gasteiger partial charge in [-0.25, -0.2) is 19.9 Å². The molecule has 1 unspecified atom stereocenters. The highest BCUT2D eigenvalue weighted by molar-refractivity contribution is 5.77. The van der Waals surface area contributed by atoms with Crippen LogP contribution in [0.3, 0.4) is 0 Å². The van der Waals surface area contributed by atoms with Crippen LogP contribution in [0.2, 0.25) is 0 Å². The first-order valence-corrected chi connectivity index (χ1v) is 11.3. The Labute approximate surface area is 194 Å². The first-order valence-electron chi connectivity index (χ1n) is 11.3. The number of amides is 1. The molecule has 0 saturated carbocycles. The molecular formula is C25H30N6O2. The lowest BCUT2D eigenvalue weighted by Crippen LogP contribution is -2.28. The van der Waals surface area contributed by atoms with Gasteiger partial charge in [-0.15, -0.1) is 0 Å². The average Bonchev–Trinajstić information content (AvgIpc) is 3.34. The van der Waals surface area contributed by atoms with Crippen molar-refractivity contribution in [1.29, 1.82) is 0 Å². The van der Waals surface area contributed by atoms with E-state index in [1.165, 1.54) is 6.33 Å². The molecule has 33 heavy (non-hydrogen) atoms. The van der Waals surface area contributed by atoms with Gasteiger partial charge in [0.25, 0.3) is 0 Å². The van der Waals surface area contributed by atoms with Crippen LogP contribution < -0.4 is 9.64 Å². The Morgan fingerprint density at radius 1 is 1.15 bits per heavy atom. The van der Waals surface area contributed by atoms with Crippen LogP contribution in [0.5, 0.6) is 5.75 Å². The van der Waals surface area contributed by atoms with Crippen LogP contribution in [0.25, 0.3) is 11.1 Å². The minimum atomic E-state index is 0.149. The SMILES string of the molecule is CCOc1ccc(CCC(=O)N2CCC(c3nc(N(C)C)ncc3-c3cncnc3)C2)cc1. The van der Waals surface area contributed by atoms with Gasteiger partial charge in [-0.3, -0.25) is 4.79 Å². The molecule has 4 rings (SSSR count). The number of anilines is 1. The second-order valence-corrected chi connectivity index (χ2v) is 8.39. The molecule has 8 nitrogen and oxygen atoms in total. The van der Waals surface area contributed by atoms with Crippen molar-refractivity contribution in [2.75, 3.05) is 38.7 Å². The van der Waals surface area contributed by atoms with Crippen LogP contribution in [0, 0.1) is 0 Å².